The van der Waals surface area contributed by atoms with E-state index in [0.717, 1.165) is 6.54 Å². The largest absolute Gasteiger partial charge is 0.478 e. The molecule has 0 spiro atoms. The molecule has 0 bridgehead atoms. The number of aliphatic carboxylic acids is 4. The van der Waals surface area contributed by atoms with Gasteiger partial charge in [-0.2, -0.15) is 0 Å². The summed E-state index contributed by atoms with van der Waals surface area (Å²) in [7, 11) is 0. The van der Waals surface area contributed by atoms with Crippen molar-refractivity contribution in [2.75, 3.05) is 13.2 Å². The number of carbonyl (C=O) groups is 4. The zero-order valence-corrected chi connectivity index (χ0v) is 18.5. The Kier molecular flexibility index (Phi) is 16.3. The topological polar surface area (TPSA) is 204 Å². The van der Waals surface area contributed by atoms with E-state index < -0.39 is 30.0 Å². The Morgan fingerprint density at radius 3 is 1.82 bits per heavy atom. The van der Waals surface area contributed by atoms with E-state index >= 15 is 0 Å². The molecule has 0 radical (unpaired) electrons. The number of aliphatic hydroxyl groups excluding tert-OH is 1. The highest BCUT2D eigenvalue weighted by Crippen LogP contribution is 2.13. The molecule has 1 heterocycles. The second-order valence-electron chi connectivity index (χ2n) is 5.90. The van der Waals surface area contributed by atoms with Crippen molar-refractivity contribution < 1.29 is 49.4 Å². The Balaban J connectivity index is 0.000000570. The molecule has 0 saturated heterocycles. The number of hydrogen-bond donors (Lipinski definition) is 6. The van der Waals surface area contributed by atoms with E-state index in [-0.39, 0.29) is 6.61 Å². The highest BCUT2D eigenvalue weighted by atomic mass is 32.1. The SMILES string of the molecule is O=C(O)/C=C\C(=O)O.O=C(O)/C=C\C(=O)O.OC(CNCc1ccccc1)COc1nccs1. The third-order valence-corrected chi connectivity index (χ3v) is 3.78. The van der Waals surface area contributed by atoms with Crippen molar-refractivity contribution in [3.05, 3.63) is 71.8 Å². The van der Waals surface area contributed by atoms with Gasteiger partial charge in [0.1, 0.15) is 12.7 Å². The van der Waals surface area contributed by atoms with E-state index in [1.165, 1.54) is 16.9 Å². The average Bonchev–Trinajstić information content (AvgIpc) is 3.30. The molecule has 1 aromatic carbocycles. The molecule has 0 amide bonds. The van der Waals surface area contributed by atoms with Crippen molar-refractivity contribution in [2.24, 2.45) is 0 Å². The van der Waals surface area contributed by atoms with Crippen LogP contribution in [0, 0.1) is 0 Å². The third kappa shape index (κ3) is 19.9. The lowest BCUT2D eigenvalue weighted by Gasteiger charge is -2.11. The van der Waals surface area contributed by atoms with Crippen LogP contribution in [0.15, 0.2) is 66.2 Å². The summed E-state index contributed by atoms with van der Waals surface area (Å²) in [5, 5.41) is 46.6. The minimum atomic E-state index is -1.26. The van der Waals surface area contributed by atoms with Gasteiger partial charge in [0.25, 0.3) is 5.19 Å². The summed E-state index contributed by atoms with van der Waals surface area (Å²) in [5.41, 5.74) is 1.20. The lowest BCUT2D eigenvalue weighted by Crippen LogP contribution is -2.31. The molecule has 12 nitrogen and oxygen atoms in total. The highest BCUT2D eigenvalue weighted by molar-refractivity contribution is 7.11. The monoisotopic (exact) mass is 496 g/mol. The van der Waals surface area contributed by atoms with Crippen LogP contribution in [0.1, 0.15) is 5.56 Å². The van der Waals surface area contributed by atoms with Gasteiger partial charge in [0.15, 0.2) is 0 Å². The van der Waals surface area contributed by atoms with Gasteiger partial charge in [-0.3, -0.25) is 0 Å². The van der Waals surface area contributed by atoms with E-state index in [2.05, 4.69) is 10.3 Å². The van der Waals surface area contributed by atoms with Gasteiger partial charge in [0, 0.05) is 49.0 Å². The first-order valence-corrected chi connectivity index (χ1v) is 10.2. The van der Waals surface area contributed by atoms with Crippen LogP contribution in [-0.2, 0) is 25.7 Å². The lowest BCUT2D eigenvalue weighted by atomic mass is 10.2. The van der Waals surface area contributed by atoms with Gasteiger partial charge in [-0.1, -0.05) is 41.7 Å². The van der Waals surface area contributed by atoms with Crippen molar-refractivity contribution in [2.45, 2.75) is 12.6 Å². The molecule has 184 valence electrons. The first kappa shape index (κ1) is 29.9. The Morgan fingerprint density at radius 1 is 0.912 bits per heavy atom. The summed E-state index contributed by atoms with van der Waals surface area (Å²) in [6.07, 6.45) is 3.38. The van der Waals surface area contributed by atoms with Crippen LogP contribution in [0.4, 0.5) is 0 Å². The molecule has 6 N–H and O–H groups in total. The fourth-order valence-electron chi connectivity index (χ4n) is 1.77. The lowest BCUT2D eigenvalue weighted by molar-refractivity contribution is -0.134. The maximum absolute atomic E-state index is 9.72. The number of thiazole rings is 1. The maximum atomic E-state index is 9.72. The number of benzene rings is 1. The van der Waals surface area contributed by atoms with Gasteiger partial charge >= 0.3 is 23.9 Å². The van der Waals surface area contributed by atoms with E-state index in [0.29, 0.717) is 36.0 Å². The van der Waals surface area contributed by atoms with E-state index in [9.17, 15) is 24.3 Å². The molecular formula is C21H24N2O10S. The summed E-state index contributed by atoms with van der Waals surface area (Å²) in [6.45, 7) is 1.50. The molecule has 0 saturated carbocycles. The van der Waals surface area contributed by atoms with Gasteiger partial charge in [-0.15, -0.1) is 0 Å². The molecule has 2 rings (SSSR count). The fraction of sp³-hybridized carbons (Fsp3) is 0.190. The zero-order valence-electron chi connectivity index (χ0n) is 17.7. The second-order valence-corrected chi connectivity index (χ2v) is 6.76. The number of ether oxygens (including phenoxy) is 1. The van der Waals surface area contributed by atoms with Gasteiger partial charge in [-0.25, -0.2) is 24.2 Å². The summed E-state index contributed by atoms with van der Waals surface area (Å²) in [6, 6.07) is 10.1. The van der Waals surface area contributed by atoms with Gasteiger partial charge in [0.05, 0.1) is 0 Å². The molecular weight excluding hydrogens is 472 g/mol. The van der Waals surface area contributed by atoms with Crippen LogP contribution in [0.2, 0.25) is 0 Å². The predicted molar refractivity (Wildman–Crippen MR) is 121 cm³/mol. The van der Waals surface area contributed by atoms with Gasteiger partial charge in [-0.05, 0) is 5.56 Å². The summed E-state index contributed by atoms with van der Waals surface area (Å²) >= 11 is 1.42. The number of hydrogen-bond acceptors (Lipinski definition) is 9. The molecule has 34 heavy (non-hydrogen) atoms. The molecule has 0 aliphatic carbocycles. The average molecular weight is 496 g/mol. The molecule has 0 fully saturated rings. The van der Waals surface area contributed by atoms with Crippen molar-refractivity contribution >= 4 is 35.2 Å². The van der Waals surface area contributed by atoms with E-state index in [1.807, 2.05) is 35.7 Å². The molecule has 1 unspecified atom stereocenters. The minimum Gasteiger partial charge on any atom is -0.478 e. The Bertz CT molecular complexity index is 864. The molecule has 1 aromatic heterocycles. The summed E-state index contributed by atoms with van der Waals surface area (Å²) in [4.78, 5) is 42.2. The van der Waals surface area contributed by atoms with Crippen LogP contribution < -0.4 is 10.1 Å². The second kappa shape index (κ2) is 18.5. The predicted octanol–water partition coefficient (Wildman–Crippen LogP) is 1.10. The van der Waals surface area contributed by atoms with Crippen LogP contribution in [0.25, 0.3) is 0 Å². The first-order valence-electron chi connectivity index (χ1n) is 9.33. The van der Waals surface area contributed by atoms with Crippen molar-refractivity contribution in [3.63, 3.8) is 0 Å². The van der Waals surface area contributed by atoms with E-state index in [1.54, 1.807) is 6.20 Å². The number of nitrogens with one attached hydrogen (secondary N) is 1. The Hall–Kier alpha value is -4.07. The summed E-state index contributed by atoms with van der Waals surface area (Å²) in [5.74, 6) is -5.03. The maximum Gasteiger partial charge on any atom is 0.328 e. The van der Waals surface area contributed by atoms with Crippen molar-refractivity contribution in [1.82, 2.24) is 10.3 Å². The van der Waals surface area contributed by atoms with E-state index in [4.69, 9.17) is 25.2 Å². The van der Waals surface area contributed by atoms with Crippen LogP contribution in [0.3, 0.4) is 0 Å². The Morgan fingerprint density at radius 2 is 1.41 bits per heavy atom. The van der Waals surface area contributed by atoms with Gasteiger partial charge < -0.3 is 35.6 Å². The molecule has 0 aliphatic heterocycles. The number of rotatable bonds is 11. The minimum absolute atomic E-state index is 0.259. The van der Waals surface area contributed by atoms with Crippen molar-refractivity contribution in [3.8, 4) is 5.19 Å². The quantitative estimate of drug-likeness (QED) is 0.242. The molecule has 1 atom stereocenters. The molecule has 2 aromatic rings. The van der Waals surface area contributed by atoms with Crippen LogP contribution in [0.5, 0.6) is 5.19 Å². The first-order chi connectivity index (χ1) is 16.1. The third-order valence-electron chi connectivity index (χ3n) is 3.10. The van der Waals surface area contributed by atoms with Crippen LogP contribution in [-0.4, -0.2) is 73.6 Å². The van der Waals surface area contributed by atoms with Crippen molar-refractivity contribution in [1.29, 1.82) is 0 Å². The standard InChI is InChI=1S/C13H16N2O2S.2C4H4O4/c16-12(10-17-13-15-6-7-18-13)9-14-8-11-4-2-1-3-5-11;2*5-3(6)1-2-4(7)8/h1-7,12,14,16H,8-10H2;2*1-2H,(H,5,6)(H,7,8)/b;2*2-1-. The smallest absolute Gasteiger partial charge is 0.328 e. The number of carboxylic acid groups (broad SMARTS) is 4. The molecule has 0 aliphatic rings. The Labute approximate surface area is 198 Å². The molecule has 13 heteroatoms. The highest BCUT2D eigenvalue weighted by Gasteiger charge is 2.05. The number of carboxylic acids is 4. The number of nitrogens with zero attached hydrogens (tertiary/aromatic N) is 1. The number of aliphatic hydroxyl groups is 1. The van der Waals surface area contributed by atoms with Gasteiger partial charge in [0.2, 0.25) is 0 Å². The normalized spacial score (nSPS) is 11.0. The number of aromatic nitrogens is 1. The summed E-state index contributed by atoms with van der Waals surface area (Å²) < 4.78 is 5.33. The zero-order chi connectivity index (χ0) is 25.8. The fourth-order valence-corrected chi connectivity index (χ4v) is 2.27. The van der Waals surface area contributed by atoms with Crippen LogP contribution >= 0.6 is 11.3 Å².